The van der Waals surface area contributed by atoms with Gasteiger partial charge in [0.25, 0.3) is 0 Å². The standard InChI is InChI=1S/C16H16N2O2/c1-20-14-7-4-6-12(9-14)16(19)11-18-15-8-3-2-5-13(15)10-17-18/h2-10,16,19H,11H2,1H3. The Kier molecular flexibility index (Phi) is 3.39. The zero-order valence-corrected chi connectivity index (χ0v) is 11.2. The van der Waals surface area contributed by atoms with Crippen molar-refractivity contribution in [2.24, 2.45) is 0 Å². The molecule has 4 heteroatoms. The van der Waals surface area contributed by atoms with Gasteiger partial charge < -0.3 is 9.84 Å². The number of aromatic nitrogens is 2. The summed E-state index contributed by atoms with van der Waals surface area (Å²) < 4.78 is 7.00. The molecule has 0 aliphatic carbocycles. The van der Waals surface area contributed by atoms with Crippen molar-refractivity contribution in [1.29, 1.82) is 0 Å². The molecule has 1 unspecified atom stereocenters. The second-order valence-corrected chi connectivity index (χ2v) is 4.68. The Bertz CT molecular complexity index is 721. The van der Waals surface area contributed by atoms with E-state index in [4.69, 9.17) is 4.74 Å². The lowest BCUT2D eigenvalue weighted by molar-refractivity contribution is 0.153. The third-order valence-electron chi connectivity index (χ3n) is 3.38. The molecule has 0 saturated heterocycles. The number of aliphatic hydroxyl groups is 1. The van der Waals surface area contributed by atoms with E-state index in [2.05, 4.69) is 5.10 Å². The Morgan fingerprint density at radius 2 is 2.05 bits per heavy atom. The van der Waals surface area contributed by atoms with Crippen LogP contribution < -0.4 is 4.74 Å². The summed E-state index contributed by atoms with van der Waals surface area (Å²) in [6, 6.07) is 15.4. The summed E-state index contributed by atoms with van der Waals surface area (Å²) in [5.74, 6) is 0.742. The number of hydrogen-bond donors (Lipinski definition) is 1. The van der Waals surface area contributed by atoms with Gasteiger partial charge in [-0.2, -0.15) is 5.10 Å². The summed E-state index contributed by atoms with van der Waals surface area (Å²) in [7, 11) is 1.62. The average Bonchev–Trinajstić information content (AvgIpc) is 2.90. The Morgan fingerprint density at radius 3 is 2.90 bits per heavy atom. The lowest BCUT2D eigenvalue weighted by Crippen LogP contribution is -2.09. The molecule has 2 aromatic carbocycles. The van der Waals surface area contributed by atoms with Crippen molar-refractivity contribution in [3.8, 4) is 5.75 Å². The van der Waals surface area contributed by atoms with Crippen molar-refractivity contribution in [2.45, 2.75) is 12.6 Å². The van der Waals surface area contributed by atoms with Gasteiger partial charge in [0.2, 0.25) is 0 Å². The zero-order chi connectivity index (χ0) is 13.9. The Hall–Kier alpha value is -2.33. The molecule has 1 heterocycles. The fourth-order valence-electron chi connectivity index (χ4n) is 2.29. The topological polar surface area (TPSA) is 47.3 Å². The molecule has 0 amide bonds. The predicted octanol–water partition coefficient (Wildman–Crippen LogP) is 2.78. The van der Waals surface area contributed by atoms with Crippen molar-refractivity contribution >= 4 is 10.9 Å². The first-order valence-electron chi connectivity index (χ1n) is 6.50. The van der Waals surface area contributed by atoms with Crippen LogP contribution in [0.3, 0.4) is 0 Å². The van der Waals surface area contributed by atoms with Gasteiger partial charge in [-0.25, -0.2) is 0 Å². The number of rotatable bonds is 4. The molecule has 0 aliphatic heterocycles. The van der Waals surface area contributed by atoms with Crippen LogP contribution in [0, 0.1) is 0 Å². The maximum absolute atomic E-state index is 10.4. The van der Waals surface area contributed by atoms with Crippen molar-refractivity contribution in [1.82, 2.24) is 9.78 Å². The minimum atomic E-state index is -0.617. The van der Waals surface area contributed by atoms with Crippen LogP contribution in [0.15, 0.2) is 54.7 Å². The van der Waals surface area contributed by atoms with Crippen LogP contribution in [0.25, 0.3) is 10.9 Å². The third kappa shape index (κ3) is 2.38. The van der Waals surface area contributed by atoms with Crippen LogP contribution in [-0.2, 0) is 6.54 Å². The van der Waals surface area contributed by atoms with Crippen LogP contribution in [0.4, 0.5) is 0 Å². The number of hydrogen-bond acceptors (Lipinski definition) is 3. The van der Waals surface area contributed by atoms with Gasteiger partial charge in [-0.05, 0) is 23.8 Å². The molecule has 1 atom stereocenters. The maximum atomic E-state index is 10.4. The second-order valence-electron chi connectivity index (χ2n) is 4.68. The first-order valence-corrected chi connectivity index (χ1v) is 6.50. The third-order valence-corrected chi connectivity index (χ3v) is 3.38. The molecular formula is C16H16N2O2. The lowest BCUT2D eigenvalue weighted by atomic mass is 10.1. The normalized spacial score (nSPS) is 12.5. The van der Waals surface area contributed by atoms with Gasteiger partial charge in [-0.1, -0.05) is 30.3 Å². The summed E-state index contributed by atoms with van der Waals surface area (Å²) in [5.41, 5.74) is 1.85. The molecule has 0 saturated carbocycles. The number of methoxy groups -OCH3 is 1. The van der Waals surface area contributed by atoms with E-state index >= 15 is 0 Å². The van der Waals surface area contributed by atoms with Gasteiger partial charge in [-0.3, -0.25) is 4.68 Å². The highest BCUT2D eigenvalue weighted by atomic mass is 16.5. The number of fused-ring (bicyclic) bond motifs is 1. The molecule has 0 bridgehead atoms. The van der Waals surface area contributed by atoms with Gasteiger partial charge in [0.1, 0.15) is 5.75 Å². The van der Waals surface area contributed by atoms with E-state index in [0.29, 0.717) is 6.54 Å². The minimum absolute atomic E-state index is 0.417. The maximum Gasteiger partial charge on any atom is 0.119 e. The SMILES string of the molecule is COc1cccc(C(O)Cn2ncc3ccccc32)c1. The minimum Gasteiger partial charge on any atom is -0.497 e. The zero-order valence-electron chi connectivity index (χ0n) is 11.2. The summed E-state index contributed by atoms with van der Waals surface area (Å²) >= 11 is 0. The summed E-state index contributed by atoms with van der Waals surface area (Å²) in [6.07, 6.45) is 1.20. The van der Waals surface area contributed by atoms with Gasteiger partial charge in [0, 0.05) is 5.39 Å². The Labute approximate surface area is 117 Å². The van der Waals surface area contributed by atoms with Crippen molar-refractivity contribution < 1.29 is 9.84 Å². The van der Waals surface area contributed by atoms with Crippen molar-refractivity contribution in [3.63, 3.8) is 0 Å². The Morgan fingerprint density at radius 1 is 1.20 bits per heavy atom. The van der Waals surface area contributed by atoms with Crippen molar-refractivity contribution in [2.75, 3.05) is 7.11 Å². The first kappa shape index (κ1) is 12.7. The van der Waals surface area contributed by atoms with E-state index in [1.165, 1.54) is 0 Å². The number of nitrogens with zero attached hydrogens (tertiary/aromatic N) is 2. The summed E-state index contributed by atoms with van der Waals surface area (Å²) in [5, 5.41) is 15.8. The van der Waals surface area contributed by atoms with E-state index in [1.54, 1.807) is 7.11 Å². The highest BCUT2D eigenvalue weighted by molar-refractivity contribution is 5.78. The smallest absolute Gasteiger partial charge is 0.119 e. The molecular weight excluding hydrogens is 252 g/mol. The van der Waals surface area contributed by atoms with Crippen LogP contribution in [-0.4, -0.2) is 22.0 Å². The van der Waals surface area contributed by atoms with E-state index < -0.39 is 6.10 Å². The van der Waals surface area contributed by atoms with Crippen LogP contribution >= 0.6 is 0 Å². The van der Waals surface area contributed by atoms with Crippen LogP contribution in [0.2, 0.25) is 0 Å². The lowest BCUT2D eigenvalue weighted by Gasteiger charge is -2.13. The number of benzene rings is 2. The van der Waals surface area contributed by atoms with Gasteiger partial charge in [0.15, 0.2) is 0 Å². The van der Waals surface area contributed by atoms with E-state index in [-0.39, 0.29) is 0 Å². The Balaban J connectivity index is 1.86. The quantitative estimate of drug-likeness (QED) is 0.791. The van der Waals surface area contributed by atoms with Gasteiger partial charge in [0.05, 0.1) is 31.5 Å². The molecule has 20 heavy (non-hydrogen) atoms. The fraction of sp³-hybridized carbons (Fsp3) is 0.188. The van der Waals surface area contributed by atoms with Gasteiger partial charge in [-0.15, -0.1) is 0 Å². The highest BCUT2D eigenvalue weighted by Crippen LogP contribution is 2.22. The van der Waals surface area contributed by atoms with E-state index in [9.17, 15) is 5.11 Å². The summed E-state index contributed by atoms with van der Waals surface area (Å²) in [6.45, 7) is 0.417. The van der Waals surface area contributed by atoms with Gasteiger partial charge >= 0.3 is 0 Å². The largest absolute Gasteiger partial charge is 0.497 e. The highest BCUT2D eigenvalue weighted by Gasteiger charge is 2.11. The van der Waals surface area contributed by atoms with E-state index in [1.807, 2.05) is 59.4 Å². The summed E-state index contributed by atoms with van der Waals surface area (Å²) in [4.78, 5) is 0. The molecule has 1 N–H and O–H groups in total. The fourth-order valence-corrected chi connectivity index (χ4v) is 2.29. The molecule has 102 valence electrons. The van der Waals surface area contributed by atoms with Crippen molar-refractivity contribution in [3.05, 3.63) is 60.3 Å². The molecule has 3 rings (SSSR count). The molecule has 0 spiro atoms. The molecule has 0 fully saturated rings. The molecule has 3 aromatic rings. The van der Waals surface area contributed by atoms with E-state index in [0.717, 1.165) is 22.2 Å². The van der Waals surface area contributed by atoms with Crippen LogP contribution in [0.5, 0.6) is 5.75 Å². The first-order chi connectivity index (χ1) is 9.78. The monoisotopic (exact) mass is 268 g/mol. The second kappa shape index (κ2) is 5.35. The molecule has 0 aliphatic rings. The molecule has 4 nitrogen and oxygen atoms in total. The molecule has 0 radical (unpaired) electrons. The predicted molar refractivity (Wildman–Crippen MR) is 77.7 cm³/mol. The number of ether oxygens (including phenoxy) is 1. The number of para-hydroxylation sites is 1. The molecule has 1 aromatic heterocycles. The average molecular weight is 268 g/mol. The van der Waals surface area contributed by atoms with Crippen LogP contribution in [0.1, 0.15) is 11.7 Å². The number of aliphatic hydroxyl groups excluding tert-OH is 1.